The van der Waals surface area contributed by atoms with E-state index in [9.17, 15) is 14.7 Å². The molecule has 2 amide bonds. The Hall–Kier alpha value is -1.10. The van der Waals surface area contributed by atoms with E-state index in [1.807, 2.05) is 25.7 Å². The quantitative estimate of drug-likeness (QED) is 0.729. The van der Waals surface area contributed by atoms with Crippen molar-refractivity contribution in [3.8, 4) is 0 Å². The molecule has 0 aromatic heterocycles. The molecule has 1 N–H and O–H groups in total. The van der Waals surface area contributed by atoms with Gasteiger partial charge in [-0.05, 0) is 26.2 Å². The lowest BCUT2D eigenvalue weighted by atomic mass is 9.72. The average molecular weight is 310 g/mol. The lowest BCUT2D eigenvalue weighted by molar-refractivity contribution is -0.158. The molecular formula is C17H30N2O3. The average Bonchev–Trinajstić information content (AvgIpc) is 3.36. The van der Waals surface area contributed by atoms with Crippen molar-refractivity contribution in [2.45, 2.75) is 78.0 Å². The van der Waals surface area contributed by atoms with Gasteiger partial charge in [-0.2, -0.15) is 0 Å². The highest BCUT2D eigenvalue weighted by atomic mass is 16.3. The molecule has 0 aromatic rings. The zero-order chi connectivity index (χ0) is 16.7. The first-order valence-corrected chi connectivity index (χ1v) is 8.48. The molecule has 2 heterocycles. The molecule has 0 spiro atoms. The maximum absolute atomic E-state index is 12.5. The number of hydrogen-bond donors (Lipinski definition) is 1. The largest absolute Gasteiger partial charge is 0.380 e. The van der Waals surface area contributed by atoms with Gasteiger partial charge in [0.15, 0.2) is 0 Å². The van der Waals surface area contributed by atoms with Crippen LogP contribution in [0.4, 0.5) is 0 Å². The Kier molecular flexibility index (Phi) is 4.58. The molecule has 22 heavy (non-hydrogen) atoms. The normalized spacial score (nSPS) is 26.6. The molecule has 126 valence electrons. The van der Waals surface area contributed by atoms with Crippen LogP contribution >= 0.6 is 0 Å². The van der Waals surface area contributed by atoms with Gasteiger partial charge in [0, 0.05) is 37.0 Å². The monoisotopic (exact) mass is 310 g/mol. The highest BCUT2D eigenvalue weighted by molar-refractivity contribution is 5.88. The summed E-state index contributed by atoms with van der Waals surface area (Å²) in [6.07, 6.45) is 2.83. The van der Waals surface area contributed by atoms with E-state index in [-0.39, 0.29) is 17.9 Å². The zero-order valence-corrected chi connectivity index (χ0v) is 14.6. The number of rotatable bonds is 7. The van der Waals surface area contributed by atoms with Crippen molar-refractivity contribution in [1.29, 1.82) is 0 Å². The van der Waals surface area contributed by atoms with Gasteiger partial charge in [0.1, 0.15) is 5.60 Å². The summed E-state index contributed by atoms with van der Waals surface area (Å²) in [5.41, 5.74) is -2.06. The van der Waals surface area contributed by atoms with Gasteiger partial charge in [0.05, 0.1) is 0 Å². The summed E-state index contributed by atoms with van der Waals surface area (Å²) in [6, 6.07) is 0.680. The number of carbonyl (C=O) groups is 2. The Balaban J connectivity index is 1.90. The standard InChI is InChI=1S/C17H30N2O3/c1-6-12-10-18(12)14(20)8-9-16(3,4)17(5,22)15(21)19-11-13(19)7-2/h12-13,22H,6-11H2,1-5H3. The highest BCUT2D eigenvalue weighted by Gasteiger charge is 2.52. The summed E-state index contributed by atoms with van der Waals surface area (Å²) in [4.78, 5) is 28.2. The van der Waals surface area contributed by atoms with E-state index in [1.165, 1.54) is 0 Å². The molecule has 0 radical (unpaired) electrons. The summed E-state index contributed by atoms with van der Waals surface area (Å²) in [5.74, 6) is -0.0590. The zero-order valence-electron chi connectivity index (χ0n) is 14.6. The highest BCUT2D eigenvalue weighted by Crippen LogP contribution is 2.40. The Morgan fingerprint density at radius 3 is 2.00 bits per heavy atom. The van der Waals surface area contributed by atoms with Crippen molar-refractivity contribution >= 4 is 11.8 Å². The third-order valence-corrected chi connectivity index (χ3v) is 5.65. The van der Waals surface area contributed by atoms with Crippen LogP contribution in [0.2, 0.25) is 0 Å². The van der Waals surface area contributed by atoms with Gasteiger partial charge in [0.25, 0.3) is 5.91 Å². The first-order chi connectivity index (χ1) is 10.2. The summed E-state index contributed by atoms with van der Waals surface area (Å²) in [6.45, 7) is 11.1. The fraction of sp³-hybridized carbons (Fsp3) is 0.882. The fourth-order valence-corrected chi connectivity index (χ4v) is 2.99. The van der Waals surface area contributed by atoms with Crippen molar-refractivity contribution in [2.24, 2.45) is 5.41 Å². The van der Waals surface area contributed by atoms with E-state index in [0.717, 1.165) is 25.9 Å². The lowest BCUT2D eigenvalue weighted by Crippen LogP contribution is -2.52. The summed E-state index contributed by atoms with van der Waals surface area (Å²) in [5, 5.41) is 10.8. The Labute approximate surface area is 133 Å². The SMILES string of the molecule is CCC1CN1C(=O)CCC(C)(C)C(C)(O)C(=O)N1CC1CC. The molecule has 2 aliphatic heterocycles. The second kappa shape index (κ2) is 5.84. The van der Waals surface area contributed by atoms with Crippen LogP contribution in [0.25, 0.3) is 0 Å². The van der Waals surface area contributed by atoms with Crippen LogP contribution in [-0.4, -0.2) is 57.5 Å². The number of hydrogen-bond acceptors (Lipinski definition) is 3. The molecule has 0 saturated carbocycles. The van der Waals surface area contributed by atoms with Gasteiger partial charge in [-0.25, -0.2) is 0 Å². The van der Waals surface area contributed by atoms with Gasteiger partial charge in [0.2, 0.25) is 5.91 Å². The minimum absolute atomic E-state index is 0.140. The predicted molar refractivity (Wildman–Crippen MR) is 85.2 cm³/mol. The van der Waals surface area contributed by atoms with E-state index < -0.39 is 11.0 Å². The van der Waals surface area contributed by atoms with Crippen molar-refractivity contribution < 1.29 is 14.7 Å². The molecule has 0 aliphatic carbocycles. The number of aliphatic hydroxyl groups is 1. The van der Waals surface area contributed by atoms with Crippen molar-refractivity contribution in [1.82, 2.24) is 9.80 Å². The molecule has 2 fully saturated rings. The van der Waals surface area contributed by atoms with Crippen molar-refractivity contribution in [3.63, 3.8) is 0 Å². The summed E-state index contributed by atoms with van der Waals surface area (Å²) >= 11 is 0. The molecule has 2 aliphatic rings. The maximum Gasteiger partial charge on any atom is 0.255 e. The van der Waals surface area contributed by atoms with E-state index >= 15 is 0 Å². The van der Waals surface area contributed by atoms with Gasteiger partial charge in [-0.3, -0.25) is 9.59 Å². The Morgan fingerprint density at radius 2 is 1.55 bits per heavy atom. The molecule has 2 rings (SSSR count). The molecule has 3 atom stereocenters. The van der Waals surface area contributed by atoms with Crippen molar-refractivity contribution in [2.75, 3.05) is 13.1 Å². The van der Waals surface area contributed by atoms with Crippen LogP contribution in [0.5, 0.6) is 0 Å². The fourth-order valence-electron chi connectivity index (χ4n) is 2.99. The van der Waals surface area contributed by atoms with Gasteiger partial charge < -0.3 is 14.9 Å². The molecule has 0 bridgehead atoms. The molecule has 5 heteroatoms. The van der Waals surface area contributed by atoms with Crippen LogP contribution in [0.3, 0.4) is 0 Å². The van der Waals surface area contributed by atoms with Crippen LogP contribution in [0, 0.1) is 5.41 Å². The molecule has 5 nitrogen and oxygen atoms in total. The topological polar surface area (TPSA) is 60.4 Å². The van der Waals surface area contributed by atoms with Crippen LogP contribution < -0.4 is 0 Å². The third kappa shape index (κ3) is 3.14. The van der Waals surface area contributed by atoms with Crippen LogP contribution in [-0.2, 0) is 9.59 Å². The molecule has 0 aromatic carbocycles. The minimum atomic E-state index is -1.43. The van der Waals surface area contributed by atoms with Crippen LogP contribution in [0.15, 0.2) is 0 Å². The van der Waals surface area contributed by atoms with Gasteiger partial charge in [-0.1, -0.05) is 27.7 Å². The van der Waals surface area contributed by atoms with E-state index in [4.69, 9.17) is 0 Å². The van der Waals surface area contributed by atoms with E-state index in [0.29, 0.717) is 18.9 Å². The maximum atomic E-state index is 12.5. The smallest absolute Gasteiger partial charge is 0.255 e. The van der Waals surface area contributed by atoms with E-state index in [2.05, 4.69) is 6.92 Å². The molecular weight excluding hydrogens is 280 g/mol. The second-order valence-electron chi connectivity index (χ2n) is 7.58. The number of carbonyl (C=O) groups excluding carboxylic acids is 2. The van der Waals surface area contributed by atoms with Gasteiger partial charge in [-0.15, -0.1) is 0 Å². The summed E-state index contributed by atoms with van der Waals surface area (Å²) < 4.78 is 0. The lowest BCUT2D eigenvalue weighted by Gasteiger charge is -2.39. The van der Waals surface area contributed by atoms with Crippen molar-refractivity contribution in [3.05, 3.63) is 0 Å². The molecule has 3 unspecified atom stereocenters. The first-order valence-electron chi connectivity index (χ1n) is 8.48. The first kappa shape index (κ1) is 17.3. The third-order valence-electron chi connectivity index (χ3n) is 5.65. The minimum Gasteiger partial charge on any atom is -0.380 e. The summed E-state index contributed by atoms with van der Waals surface area (Å²) in [7, 11) is 0. The Morgan fingerprint density at radius 1 is 1.05 bits per heavy atom. The molecule has 2 saturated heterocycles. The second-order valence-corrected chi connectivity index (χ2v) is 7.58. The predicted octanol–water partition coefficient (Wildman–Crippen LogP) is 1.79. The van der Waals surface area contributed by atoms with Crippen LogP contribution in [0.1, 0.15) is 60.3 Å². The number of nitrogens with zero attached hydrogens (tertiary/aromatic N) is 2. The van der Waals surface area contributed by atoms with E-state index in [1.54, 1.807) is 11.8 Å². The number of amides is 2. The Bertz CT molecular complexity index is 459. The van der Waals surface area contributed by atoms with Gasteiger partial charge >= 0.3 is 0 Å².